The minimum Gasteiger partial charge on any atom is -0.379 e. The van der Waals surface area contributed by atoms with Gasteiger partial charge in [0.2, 0.25) is 0 Å². The van der Waals surface area contributed by atoms with Crippen molar-refractivity contribution in [3.8, 4) is 0 Å². The molecule has 1 aliphatic carbocycles. The van der Waals surface area contributed by atoms with Gasteiger partial charge in [-0.25, -0.2) is 15.0 Å². The molecule has 0 bridgehead atoms. The maximum atomic E-state index is 5.54. The number of aryl methyl sites for hydroxylation is 2. The predicted molar refractivity (Wildman–Crippen MR) is 123 cm³/mol. The maximum absolute atomic E-state index is 5.54. The third-order valence-corrected chi connectivity index (χ3v) is 8.13. The van der Waals surface area contributed by atoms with E-state index < -0.39 is 0 Å². The molecule has 1 unspecified atom stereocenters. The van der Waals surface area contributed by atoms with Gasteiger partial charge in [-0.1, -0.05) is 0 Å². The fraction of sp³-hybridized carbons (Fsp3) is 0.609. The van der Waals surface area contributed by atoms with Crippen molar-refractivity contribution in [2.45, 2.75) is 57.7 Å². The summed E-state index contributed by atoms with van der Waals surface area (Å²) in [6.07, 6.45) is 13.3. The van der Waals surface area contributed by atoms with Gasteiger partial charge in [-0.15, -0.1) is 11.3 Å². The zero-order valence-electron chi connectivity index (χ0n) is 18.0. The summed E-state index contributed by atoms with van der Waals surface area (Å²) in [4.78, 5) is 22.3. The summed E-state index contributed by atoms with van der Waals surface area (Å²) in [5.74, 6) is 2.16. The van der Waals surface area contributed by atoms with E-state index in [9.17, 15) is 0 Å². The molecule has 2 saturated heterocycles. The fourth-order valence-corrected chi connectivity index (χ4v) is 6.64. The average molecular weight is 439 g/mol. The van der Waals surface area contributed by atoms with Crippen molar-refractivity contribution in [1.29, 1.82) is 0 Å². The maximum Gasteiger partial charge on any atom is 0.146 e. The number of rotatable bonds is 5. The van der Waals surface area contributed by atoms with Crippen LogP contribution < -0.4 is 4.90 Å². The fourth-order valence-electron chi connectivity index (χ4n) is 5.36. The lowest BCUT2D eigenvalue weighted by molar-refractivity contribution is 0.0331. The number of thiophene rings is 1. The summed E-state index contributed by atoms with van der Waals surface area (Å²) in [5, 5.41) is 1.35. The van der Waals surface area contributed by atoms with Crippen LogP contribution in [0.1, 0.15) is 41.9 Å². The zero-order valence-corrected chi connectivity index (χ0v) is 18.8. The first-order valence-corrected chi connectivity index (χ1v) is 12.5. The van der Waals surface area contributed by atoms with Crippen molar-refractivity contribution in [2.75, 3.05) is 37.7 Å². The molecule has 0 radical (unpaired) electrons. The molecule has 0 spiro atoms. The Hall–Kier alpha value is -2.03. The van der Waals surface area contributed by atoms with Crippen molar-refractivity contribution in [3.05, 3.63) is 35.0 Å². The summed E-state index contributed by atoms with van der Waals surface area (Å²) in [5.41, 5.74) is 1.53. The van der Waals surface area contributed by atoms with Gasteiger partial charge in [0.1, 0.15) is 16.5 Å². The Labute approximate surface area is 187 Å². The van der Waals surface area contributed by atoms with Gasteiger partial charge in [-0.2, -0.15) is 0 Å². The lowest BCUT2D eigenvalue weighted by atomic mass is 9.97. The van der Waals surface area contributed by atoms with Crippen molar-refractivity contribution in [1.82, 2.24) is 24.4 Å². The Morgan fingerprint density at radius 1 is 1.06 bits per heavy atom. The van der Waals surface area contributed by atoms with Crippen LogP contribution >= 0.6 is 11.3 Å². The molecule has 31 heavy (non-hydrogen) atoms. The van der Waals surface area contributed by atoms with Crippen molar-refractivity contribution in [2.24, 2.45) is 0 Å². The van der Waals surface area contributed by atoms with E-state index in [-0.39, 0.29) is 0 Å². The van der Waals surface area contributed by atoms with Crippen LogP contribution in [0.2, 0.25) is 0 Å². The number of hydrogen-bond donors (Lipinski definition) is 0. The average Bonchev–Trinajstić information content (AvgIpc) is 3.54. The summed E-state index contributed by atoms with van der Waals surface area (Å²) < 4.78 is 7.74. The van der Waals surface area contributed by atoms with Gasteiger partial charge in [0.15, 0.2) is 0 Å². The van der Waals surface area contributed by atoms with Crippen molar-refractivity contribution < 1.29 is 4.74 Å². The molecule has 7 nitrogen and oxygen atoms in total. The molecule has 1 atom stereocenters. The second kappa shape index (κ2) is 8.48. The standard InChI is InChI=1S/C23H30N6OS/c1-2-6-19-18(5-1)21-22(29-8-3-4-17(29)14-28-9-7-24-16-28)25-20(26-23(21)31-19)15-27-10-12-30-13-11-27/h7,9,16-17H,1-6,8,10-15H2. The zero-order chi connectivity index (χ0) is 20.6. The Morgan fingerprint density at radius 2 is 1.97 bits per heavy atom. The second-order valence-electron chi connectivity index (χ2n) is 8.99. The molecule has 3 aromatic rings. The van der Waals surface area contributed by atoms with Crippen LogP contribution in [0.25, 0.3) is 10.2 Å². The lowest BCUT2D eigenvalue weighted by Gasteiger charge is -2.29. The van der Waals surface area contributed by atoms with Crippen LogP contribution in [-0.4, -0.2) is 63.3 Å². The molecule has 0 amide bonds. The Morgan fingerprint density at radius 3 is 2.84 bits per heavy atom. The van der Waals surface area contributed by atoms with Crippen molar-refractivity contribution >= 4 is 27.4 Å². The molecular weight excluding hydrogens is 408 g/mol. The minimum absolute atomic E-state index is 0.461. The second-order valence-corrected chi connectivity index (χ2v) is 10.1. The van der Waals surface area contributed by atoms with Gasteiger partial charge in [0.05, 0.1) is 31.5 Å². The van der Waals surface area contributed by atoms with Crippen LogP contribution in [0.3, 0.4) is 0 Å². The Balaban J connectivity index is 1.40. The van der Waals surface area contributed by atoms with E-state index in [4.69, 9.17) is 14.7 Å². The Kier molecular flexibility index (Phi) is 5.37. The molecule has 3 aromatic heterocycles. The van der Waals surface area contributed by atoms with E-state index in [0.29, 0.717) is 6.04 Å². The van der Waals surface area contributed by atoms with Crippen LogP contribution in [0, 0.1) is 0 Å². The monoisotopic (exact) mass is 438 g/mol. The molecular formula is C23H30N6OS. The van der Waals surface area contributed by atoms with Gasteiger partial charge in [0, 0.05) is 49.5 Å². The topological polar surface area (TPSA) is 59.3 Å². The largest absolute Gasteiger partial charge is 0.379 e. The van der Waals surface area contributed by atoms with Gasteiger partial charge in [-0.3, -0.25) is 4.90 Å². The van der Waals surface area contributed by atoms with Gasteiger partial charge >= 0.3 is 0 Å². The van der Waals surface area contributed by atoms with Crippen molar-refractivity contribution in [3.63, 3.8) is 0 Å². The van der Waals surface area contributed by atoms with E-state index in [0.717, 1.165) is 51.8 Å². The van der Waals surface area contributed by atoms with E-state index in [2.05, 4.69) is 25.5 Å². The highest BCUT2D eigenvalue weighted by Crippen LogP contribution is 2.41. The van der Waals surface area contributed by atoms with Gasteiger partial charge in [0.25, 0.3) is 0 Å². The van der Waals surface area contributed by atoms with Gasteiger partial charge in [-0.05, 0) is 44.1 Å². The quantitative estimate of drug-likeness (QED) is 0.609. The smallest absolute Gasteiger partial charge is 0.146 e. The van der Waals surface area contributed by atoms with Gasteiger partial charge < -0.3 is 14.2 Å². The molecule has 0 saturated carbocycles. The first-order chi connectivity index (χ1) is 15.3. The van der Waals surface area contributed by atoms with Crippen LogP contribution in [-0.2, 0) is 30.7 Å². The first-order valence-electron chi connectivity index (χ1n) is 11.7. The Bertz CT molecular complexity index is 1040. The van der Waals surface area contributed by atoms with E-state index in [1.807, 2.05) is 23.9 Å². The molecule has 2 fully saturated rings. The molecule has 0 N–H and O–H groups in total. The van der Waals surface area contributed by atoms with E-state index in [1.54, 1.807) is 4.88 Å². The summed E-state index contributed by atoms with van der Waals surface area (Å²) >= 11 is 1.92. The SMILES string of the molecule is c1cn(CC2CCCN2c2nc(CN3CCOCC3)nc3sc4c(c23)CCCC4)cn1. The highest BCUT2D eigenvalue weighted by Gasteiger charge is 2.31. The molecule has 164 valence electrons. The molecule has 8 heteroatoms. The molecule has 2 aliphatic heterocycles. The van der Waals surface area contributed by atoms with Crippen LogP contribution in [0.15, 0.2) is 18.7 Å². The molecule has 0 aromatic carbocycles. The van der Waals surface area contributed by atoms with E-state index >= 15 is 0 Å². The molecule has 3 aliphatic rings. The van der Waals surface area contributed by atoms with Crippen LogP contribution in [0.5, 0.6) is 0 Å². The third-order valence-electron chi connectivity index (χ3n) is 6.94. The first kappa shape index (κ1) is 19.6. The number of hydrogen-bond acceptors (Lipinski definition) is 7. The number of fused-ring (bicyclic) bond motifs is 3. The summed E-state index contributed by atoms with van der Waals surface area (Å²) in [7, 11) is 0. The third kappa shape index (κ3) is 3.85. The minimum atomic E-state index is 0.461. The predicted octanol–water partition coefficient (Wildman–Crippen LogP) is 3.27. The van der Waals surface area contributed by atoms with E-state index in [1.165, 1.54) is 60.1 Å². The number of anilines is 1. The molecule has 5 heterocycles. The number of aromatic nitrogens is 4. The number of ether oxygens (including phenoxy) is 1. The highest BCUT2D eigenvalue weighted by atomic mass is 32.1. The normalized spacial score (nSPS) is 22.3. The summed E-state index contributed by atoms with van der Waals surface area (Å²) in [6.45, 7) is 6.40. The number of morpholine rings is 1. The number of nitrogens with zero attached hydrogens (tertiary/aromatic N) is 6. The lowest BCUT2D eigenvalue weighted by Crippen LogP contribution is -2.37. The van der Waals surface area contributed by atoms with Crippen LogP contribution in [0.4, 0.5) is 5.82 Å². The molecule has 6 rings (SSSR count). The summed E-state index contributed by atoms with van der Waals surface area (Å²) in [6, 6.07) is 0.461. The highest BCUT2D eigenvalue weighted by molar-refractivity contribution is 7.19. The number of imidazole rings is 1.